The Morgan fingerprint density at radius 2 is 1.04 bits per heavy atom. The minimum atomic E-state index is -1.51. The van der Waals surface area contributed by atoms with Gasteiger partial charge in [0.1, 0.15) is 0 Å². The van der Waals surface area contributed by atoms with Crippen molar-refractivity contribution in [3.05, 3.63) is 84.9 Å². The van der Waals surface area contributed by atoms with E-state index in [0.717, 1.165) is 0 Å². The Labute approximate surface area is 164 Å². The summed E-state index contributed by atoms with van der Waals surface area (Å²) >= 11 is -1.51. The summed E-state index contributed by atoms with van der Waals surface area (Å²) in [6.07, 6.45) is 0. The van der Waals surface area contributed by atoms with Gasteiger partial charge < -0.3 is 0 Å². The molecule has 0 aromatic heterocycles. The van der Waals surface area contributed by atoms with Crippen LogP contribution in [0.15, 0.2) is 84.9 Å². The number of hydrogen-bond acceptors (Lipinski definition) is 0. The summed E-state index contributed by atoms with van der Waals surface area (Å²) in [5, 5.41) is 1.66. The van der Waals surface area contributed by atoms with Gasteiger partial charge in [0, 0.05) is 0 Å². The topological polar surface area (TPSA) is 0 Å². The van der Waals surface area contributed by atoms with Crippen LogP contribution in [0.4, 0.5) is 0 Å². The van der Waals surface area contributed by atoms with Crippen molar-refractivity contribution in [1.29, 1.82) is 0 Å². The average molecular weight is 421 g/mol. The van der Waals surface area contributed by atoms with Gasteiger partial charge >= 0.3 is 165 Å². The summed E-state index contributed by atoms with van der Waals surface area (Å²) in [5.74, 6) is 0. The molecule has 0 bridgehead atoms. The molecule has 0 aliphatic rings. The molecular formula is C24H29AsSi. The van der Waals surface area contributed by atoms with Crippen LogP contribution in [0.25, 0.3) is 0 Å². The summed E-state index contributed by atoms with van der Waals surface area (Å²) in [4.78, 5) is 0. The van der Waals surface area contributed by atoms with Crippen molar-refractivity contribution in [2.24, 2.45) is 0 Å². The second-order valence-corrected chi connectivity index (χ2v) is 16.8. The molecule has 3 aromatic carbocycles. The molecule has 3 aromatic rings. The summed E-state index contributed by atoms with van der Waals surface area (Å²) in [5.41, 5.74) is 0. The summed E-state index contributed by atoms with van der Waals surface area (Å²) in [6, 6.07) is 36.0. The third-order valence-electron chi connectivity index (χ3n) is 5.78. The number of hydrogen-bond donors (Lipinski definition) is 0. The van der Waals surface area contributed by atoms with Crippen molar-refractivity contribution in [2.75, 3.05) is 0 Å². The van der Waals surface area contributed by atoms with Crippen LogP contribution in [0, 0.1) is 0 Å². The molecule has 0 nitrogen and oxygen atoms in total. The van der Waals surface area contributed by atoms with E-state index in [2.05, 4.69) is 106 Å². The van der Waals surface area contributed by atoms with Crippen molar-refractivity contribution in [2.45, 2.75) is 38.9 Å². The van der Waals surface area contributed by atoms with Gasteiger partial charge in [0.05, 0.1) is 0 Å². The molecule has 2 heteroatoms. The molecule has 0 aliphatic heterocycles. The van der Waals surface area contributed by atoms with Gasteiger partial charge in [-0.3, -0.25) is 0 Å². The van der Waals surface area contributed by atoms with Gasteiger partial charge in [-0.05, 0) is 0 Å². The zero-order valence-electron chi connectivity index (χ0n) is 16.2. The van der Waals surface area contributed by atoms with Crippen molar-refractivity contribution < 1.29 is 0 Å². The SMILES string of the molecule is CC[Si](CC)(CC)c1cccc([As](c2ccccc2)c2ccccc2)c1. The Morgan fingerprint density at radius 1 is 0.577 bits per heavy atom. The molecule has 0 saturated carbocycles. The molecule has 0 heterocycles. The second-order valence-electron chi connectivity index (χ2n) is 6.90. The summed E-state index contributed by atoms with van der Waals surface area (Å²) in [7, 11) is -1.35. The first-order valence-corrected chi connectivity index (χ1v) is 15.2. The molecule has 0 atom stereocenters. The van der Waals surface area contributed by atoms with E-state index >= 15 is 0 Å². The molecule has 0 N–H and O–H groups in total. The maximum atomic E-state index is 2.59. The van der Waals surface area contributed by atoms with E-state index in [1.807, 2.05) is 0 Å². The monoisotopic (exact) mass is 420 g/mol. The quantitative estimate of drug-likeness (QED) is 0.509. The fourth-order valence-corrected chi connectivity index (χ4v) is 12.7. The van der Waals surface area contributed by atoms with Gasteiger partial charge in [0.25, 0.3) is 0 Å². The van der Waals surface area contributed by atoms with E-state index in [0.29, 0.717) is 0 Å². The van der Waals surface area contributed by atoms with Crippen LogP contribution in [0.2, 0.25) is 18.1 Å². The van der Waals surface area contributed by atoms with Gasteiger partial charge in [-0.15, -0.1) is 0 Å². The zero-order chi connectivity index (χ0) is 18.4. The van der Waals surface area contributed by atoms with E-state index in [1.165, 1.54) is 26.8 Å². The van der Waals surface area contributed by atoms with E-state index in [9.17, 15) is 0 Å². The van der Waals surface area contributed by atoms with Gasteiger partial charge in [-0.2, -0.15) is 0 Å². The normalized spacial score (nSPS) is 11.7. The molecule has 0 unspecified atom stereocenters. The van der Waals surface area contributed by atoms with Crippen LogP contribution in [0.1, 0.15) is 20.8 Å². The van der Waals surface area contributed by atoms with E-state index in [-0.39, 0.29) is 0 Å². The molecule has 134 valence electrons. The van der Waals surface area contributed by atoms with Gasteiger partial charge in [-0.25, -0.2) is 0 Å². The third kappa shape index (κ3) is 3.90. The Morgan fingerprint density at radius 3 is 1.50 bits per heavy atom. The predicted octanol–water partition coefficient (Wildman–Crippen LogP) is 3.92. The van der Waals surface area contributed by atoms with Crippen LogP contribution >= 0.6 is 0 Å². The van der Waals surface area contributed by atoms with Crippen molar-refractivity contribution in [1.82, 2.24) is 0 Å². The third-order valence-corrected chi connectivity index (χ3v) is 16.5. The Kier molecular flexibility index (Phi) is 6.56. The van der Waals surface area contributed by atoms with E-state index < -0.39 is 22.7 Å². The van der Waals surface area contributed by atoms with Crippen LogP contribution < -0.4 is 18.2 Å². The molecule has 0 radical (unpaired) electrons. The molecule has 0 amide bonds. The first-order valence-electron chi connectivity index (χ1n) is 9.75. The second kappa shape index (κ2) is 8.89. The molecule has 26 heavy (non-hydrogen) atoms. The van der Waals surface area contributed by atoms with Crippen LogP contribution in [-0.2, 0) is 0 Å². The van der Waals surface area contributed by atoms with Crippen LogP contribution in [0.3, 0.4) is 0 Å². The van der Waals surface area contributed by atoms with E-state index in [1.54, 1.807) is 9.54 Å². The number of rotatable bonds is 7. The van der Waals surface area contributed by atoms with Gasteiger partial charge in [0.15, 0.2) is 0 Å². The predicted molar refractivity (Wildman–Crippen MR) is 121 cm³/mol. The maximum absolute atomic E-state index is 2.59. The number of benzene rings is 3. The first kappa shape index (κ1) is 19.2. The summed E-state index contributed by atoms with van der Waals surface area (Å²) in [6.45, 7) is 7.20. The van der Waals surface area contributed by atoms with Crippen LogP contribution in [0.5, 0.6) is 0 Å². The Bertz CT molecular complexity index is 762. The molecule has 0 saturated heterocycles. The fourth-order valence-electron chi connectivity index (χ4n) is 3.94. The Hall–Kier alpha value is -1.56. The van der Waals surface area contributed by atoms with Crippen LogP contribution in [-0.4, -0.2) is 22.7 Å². The molecular weight excluding hydrogens is 391 g/mol. The van der Waals surface area contributed by atoms with Crippen molar-refractivity contribution in [3.63, 3.8) is 0 Å². The minimum absolute atomic E-state index is 1.34. The molecule has 0 fully saturated rings. The average Bonchev–Trinajstić information content (AvgIpc) is 2.72. The van der Waals surface area contributed by atoms with Crippen molar-refractivity contribution in [3.8, 4) is 0 Å². The summed E-state index contributed by atoms with van der Waals surface area (Å²) < 4.78 is 4.60. The van der Waals surface area contributed by atoms with Crippen molar-refractivity contribution >= 4 is 41.0 Å². The standard InChI is InChI=1S/C24H29AsSi/c1-4-26(5-2,6-3)24-19-13-18-23(20-24)25(21-14-9-7-10-15-21)22-16-11-8-12-17-22/h7-20H,4-6H2,1-3H3. The first-order chi connectivity index (χ1) is 12.7. The van der Waals surface area contributed by atoms with Gasteiger partial charge in [0.2, 0.25) is 0 Å². The molecule has 3 rings (SSSR count). The fraction of sp³-hybridized carbons (Fsp3) is 0.250. The Balaban J connectivity index is 2.13. The molecule has 0 spiro atoms. The zero-order valence-corrected chi connectivity index (χ0v) is 19.0. The molecule has 0 aliphatic carbocycles. The van der Waals surface area contributed by atoms with Gasteiger partial charge in [-0.1, -0.05) is 0 Å². The van der Waals surface area contributed by atoms with E-state index in [4.69, 9.17) is 0 Å².